The van der Waals surface area contributed by atoms with Crippen molar-refractivity contribution in [3.8, 4) is 0 Å². The summed E-state index contributed by atoms with van der Waals surface area (Å²) in [5.41, 5.74) is 5.90. The summed E-state index contributed by atoms with van der Waals surface area (Å²) in [6.07, 6.45) is 0.499. The van der Waals surface area contributed by atoms with Crippen molar-refractivity contribution in [2.45, 2.75) is 26.3 Å². The molecular weight excluding hydrogens is 142 g/mol. The fraction of sp³-hybridized carbons (Fsp3) is 0.625. The second-order valence-corrected chi connectivity index (χ2v) is 2.51. The van der Waals surface area contributed by atoms with Gasteiger partial charge in [-0.2, -0.15) is 0 Å². The number of rotatable bonds is 4. The molecule has 0 unspecified atom stereocenters. The van der Waals surface area contributed by atoms with Crippen LogP contribution >= 0.6 is 0 Å². The zero-order chi connectivity index (χ0) is 8.85. The van der Waals surface area contributed by atoms with Gasteiger partial charge in [0, 0.05) is 11.6 Å². The Kier molecular flexibility index (Phi) is 4.54. The van der Waals surface area contributed by atoms with E-state index in [0.717, 1.165) is 0 Å². The van der Waals surface area contributed by atoms with Crippen molar-refractivity contribution in [1.29, 1.82) is 0 Å². The minimum atomic E-state index is -0.343. The van der Waals surface area contributed by atoms with Crippen molar-refractivity contribution < 1.29 is 9.53 Å². The van der Waals surface area contributed by atoms with Gasteiger partial charge in [0.15, 0.2) is 0 Å². The van der Waals surface area contributed by atoms with Gasteiger partial charge in [-0.25, -0.2) is 4.79 Å². The Labute approximate surface area is 67.2 Å². The Morgan fingerprint density at radius 2 is 2.27 bits per heavy atom. The van der Waals surface area contributed by atoms with Crippen LogP contribution in [-0.4, -0.2) is 18.6 Å². The maximum atomic E-state index is 10.9. The highest BCUT2D eigenvalue weighted by molar-refractivity contribution is 5.87. The number of ether oxygens (including phenoxy) is 1. The molecule has 0 heterocycles. The van der Waals surface area contributed by atoms with Crippen LogP contribution in [0.25, 0.3) is 0 Å². The van der Waals surface area contributed by atoms with Gasteiger partial charge in [0.2, 0.25) is 0 Å². The fourth-order valence-electron chi connectivity index (χ4n) is 0.705. The van der Waals surface area contributed by atoms with Gasteiger partial charge in [-0.05, 0) is 20.3 Å². The summed E-state index contributed by atoms with van der Waals surface area (Å²) in [5, 5.41) is 0. The standard InChI is InChI=1S/C8H15NO2/c1-4-11-8(10)6(2)5-7(3)9/h7H,2,4-5,9H2,1,3H3/t7-/m0/s1. The molecule has 0 saturated heterocycles. The molecule has 0 rings (SSSR count). The third kappa shape index (κ3) is 4.56. The average molecular weight is 157 g/mol. The molecule has 2 N–H and O–H groups in total. The maximum Gasteiger partial charge on any atom is 0.333 e. The Morgan fingerprint density at radius 3 is 2.64 bits per heavy atom. The summed E-state index contributed by atoms with van der Waals surface area (Å²) in [4.78, 5) is 10.9. The van der Waals surface area contributed by atoms with E-state index in [1.807, 2.05) is 6.92 Å². The summed E-state index contributed by atoms with van der Waals surface area (Å²) in [7, 11) is 0. The van der Waals surface area contributed by atoms with Crippen LogP contribution in [0.15, 0.2) is 12.2 Å². The molecule has 0 aliphatic heterocycles. The zero-order valence-electron chi connectivity index (χ0n) is 7.09. The highest BCUT2D eigenvalue weighted by Crippen LogP contribution is 2.02. The van der Waals surface area contributed by atoms with E-state index in [-0.39, 0.29) is 12.0 Å². The zero-order valence-corrected chi connectivity index (χ0v) is 7.09. The van der Waals surface area contributed by atoms with Gasteiger partial charge in [-0.15, -0.1) is 0 Å². The molecule has 11 heavy (non-hydrogen) atoms. The lowest BCUT2D eigenvalue weighted by molar-refractivity contribution is -0.138. The van der Waals surface area contributed by atoms with E-state index in [1.54, 1.807) is 6.92 Å². The van der Waals surface area contributed by atoms with Gasteiger partial charge >= 0.3 is 5.97 Å². The van der Waals surface area contributed by atoms with Crippen LogP contribution < -0.4 is 5.73 Å². The van der Waals surface area contributed by atoms with Crippen LogP contribution in [-0.2, 0) is 9.53 Å². The number of hydrogen-bond donors (Lipinski definition) is 1. The molecule has 0 aromatic carbocycles. The largest absolute Gasteiger partial charge is 0.463 e. The molecule has 0 aliphatic rings. The molecule has 0 radical (unpaired) electrons. The summed E-state index contributed by atoms with van der Waals surface area (Å²) in [5.74, 6) is -0.343. The Bertz CT molecular complexity index is 152. The molecule has 0 aromatic rings. The van der Waals surface area contributed by atoms with Crippen LogP contribution in [0.5, 0.6) is 0 Å². The third-order valence-corrected chi connectivity index (χ3v) is 1.13. The molecule has 0 aromatic heterocycles. The number of nitrogens with two attached hydrogens (primary N) is 1. The highest BCUT2D eigenvalue weighted by Gasteiger charge is 2.08. The smallest absolute Gasteiger partial charge is 0.333 e. The lowest BCUT2D eigenvalue weighted by Crippen LogP contribution is -2.19. The van der Waals surface area contributed by atoms with E-state index in [9.17, 15) is 4.79 Å². The second kappa shape index (κ2) is 4.91. The first-order chi connectivity index (χ1) is 5.07. The molecule has 0 saturated carbocycles. The van der Waals surface area contributed by atoms with Crippen molar-refractivity contribution in [2.24, 2.45) is 5.73 Å². The van der Waals surface area contributed by atoms with E-state index in [1.165, 1.54) is 0 Å². The summed E-state index contributed by atoms with van der Waals surface area (Å²) in [6.45, 7) is 7.53. The second-order valence-electron chi connectivity index (χ2n) is 2.51. The third-order valence-electron chi connectivity index (χ3n) is 1.13. The number of carbonyl (C=O) groups excluding carboxylic acids is 1. The Balaban J connectivity index is 3.74. The van der Waals surface area contributed by atoms with Crippen molar-refractivity contribution in [3.63, 3.8) is 0 Å². The summed E-state index contributed by atoms with van der Waals surface area (Å²) in [6, 6.07) is -0.0353. The molecule has 0 fully saturated rings. The molecule has 0 aliphatic carbocycles. The molecule has 1 atom stereocenters. The maximum absolute atomic E-state index is 10.9. The van der Waals surface area contributed by atoms with Gasteiger partial charge in [-0.1, -0.05) is 6.58 Å². The Morgan fingerprint density at radius 1 is 1.73 bits per heavy atom. The quantitative estimate of drug-likeness (QED) is 0.486. The fourth-order valence-corrected chi connectivity index (χ4v) is 0.705. The van der Waals surface area contributed by atoms with E-state index in [2.05, 4.69) is 6.58 Å². The first-order valence-corrected chi connectivity index (χ1v) is 3.68. The van der Waals surface area contributed by atoms with Gasteiger partial charge < -0.3 is 10.5 Å². The molecule has 3 heteroatoms. The summed E-state index contributed by atoms with van der Waals surface area (Å²) < 4.78 is 4.71. The van der Waals surface area contributed by atoms with Crippen molar-refractivity contribution in [1.82, 2.24) is 0 Å². The van der Waals surface area contributed by atoms with Crippen molar-refractivity contribution in [2.75, 3.05) is 6.61 Å². The topological polar surface area (TPSA) is 52.3 Å². The van der Waals surface area contributed by atoms with E-state index in [0.29, 0.717) is 18.6 Å². The van der Waals surface area contributed by atoms with E-state index >= 15 is 0 Å². The molecular formula is C8H15NO2. The van der Waals surface area contributed by atoms with Crippen molar-refractivity contribution in [3.05, 3.63) is 12.2 Å². The number of esters is 1. The molecule has 3 nitrogen and oxygen atoms in total. The van der Waals surface area contributed by atoms with E-state index < -0.39 is 0 Å². The number of hydrogen-bond acceptors (Lipinski definition) is 3. The van der Waals surface area contributed by atoms with Crippen LogP contribution in [0, 0.1) is 0 Å². The van der Waals surface area contributed by atoms with Gasteiger partial charge in [0.25, 0.3) is 0 Å². The predicted octanol–water partition coefficient (Wildman–Crippen LogP) is 0.843. The molecule has 64 valence electrons. The minimum Gasteiger partial charge on any atom is -0.463 e. The Hall–Kier alpha value is -0.830. The van der Waals surface area contributed by atoms with E-state index in [4.69, 9.17) is 10.5 Å². The SMILES string of the molecule is C=C(C[C@H](C)N)C(=O)OCC. The van der Waals surface area contributed by atoms with Crippen molar-refractivity contribution >= 4 is 5.97 Å². The molecule has 0 bridgehead atoms. The van der Waals surface area contributed by atoms with Gasteiger partial charge in [-0.3, -0.25) is 0 Å². The lowest BCUT2D eigenvalue weighted by atomic mass is 10.1. The van der Waals surface area contributed by atoms with Crippen LogP contribution in [0.4, 0.5) is 0 Å². The van der Waals surface area contributed by atoms with Crippen LogP contribution in [0.2, 0.25) is 0 Å². The highest BCUT2D eigenvalue weighted by atomic mass is 16.5. The normalized spacial score (nSPS) is 12.3. The monoisotopic (exact) mass is 157 g/mol. The van der Waals surface area contributed by atoms with Crippen LogP contribution in [0.3, 0.4) is 0 Å². The molecule has 0 spiro atoms. The minimum absolute atomic E-state index is 0.0353. The van der Waals surface area contributed by atoms with Gasteiger partial charge in [0.05, 0.1) is 6.61 Å². The van der Waals surface area contributed by atoms with Gasteiger partial charge in [0.1, 0.15) is 0 Å². The first-order valence-electron chi connectivity index (χ1n) is 3.68. The summed E-state index contributed by atoms with van der Waals surface area (Å²) >= 11 is 0. The first kappa shape index (κ1) is 10.2. The average Bonchev–Trinajstić information content (AvgIpc) is 1.86. The number of carbonyl (C=O) groups is 1. The lowest BCUT2D eigenvalue weighted by Gasteiger charge is -2.06. The van der Waals surface area contributed by atoms with Crippen LogP contribution in [0.1, 0.15) is 20.3 Å². The predicted molar refractivity (Wildman–Crippen MR) is 44.0 cm³/mol. The molecule has 0 amide bonds.